The van der Waals surface area contributed by atoms with Crippen molar-refractivity contribution >= 4 is 27.5 Å². The number of carbonyl (C=O) groups excluding carboxylic acids is 1. The van der Waals surface area contributed by atoms with E-state index >= 15 is 0 Å². The molecule has 0 aliphatic heterocycles. The molecule has 0 aromatic heterocycles. The number of amides is 1. The third-order valence-corrected chi connectivity index (χ3v) is 3.42. The van der Waals surface area contributed by atoms with Crippen LogP contribution < -0.4 is 5.73 Å². The van der Waals surface area contributed by atoms with E-state index in [9.17, 15) is 9.90 Å². The Kier molecular flexibility index (Phi) is 4.29. The Morgan fingerprint density at radius 2 is 2.05 bits per heavy atom. The van der Waals surface area contributed by atoms with E-state index in [0.29, 0.717) is 17.8 Å². The van der Waals surface area contributed by atoms with Crippen LogP contribution in [0.2, 0.25) is 0 Å². The molecule has 0 unspecified atom stereocenters. The zero-order valence-corrected chi connectivity index (χ0v) is 12.6. The summed E-state index contributed by atoms with van der Waals surface area (Å²) >= 11 is 3.40. The van der Waals surface area contributed by atoms with Gasteiger partial charge in [-0.3, -0.25) is 4.79 Å². The molecule has 104 valence electrons. The molecule has 0 saturated carbocycles. The Bertz CT molecular complexity index is 644. The van der Waals surface area contributed by atoms with Crippen LogP contribution in [0.25, 0.3) is 0 Å². The molecule has 20 heavy (non-hydrogen) atoms. The van der Waals surface area contributed by atoms with E-state index in [1.54, 1.807) is 11.9 Å². The van der Waals surface area contributed by atoms with E-state index in [2.05, 4.69) is 15.9 Å². The van der Waals surface area contributed by atoms with E-state index in [0.717, 1.165) is 10.0 Å². The summed E-state index contributed by atoms with van der Waals surface area (Å²) in [5.41, 5.74) is 7.45. The lowest BCUT2D eigenvalue weighted by Crippen LogP contribution is -2.26. The first-order chi connectivity index (χ1) is 9.47. The zero-order valence-electron chi connectivity index (χ0n) is 11.0. The van der Waals surface area contributed by atoms with Crippen LogP contribution in [0.1, 0.15) is 15.9 Å². The Hall–Kier alpha value is -2.01. The molecule has 4 nitrogen and oxygen atoms in total. The van der Waals surface area contributed by atoms with Crippen molar-refractivity contribution in [2.24, 2.45) is 0 Å². The summed E-state index contributed by atoms with van der Waals surface area (Å²) in [6, 6.07) is 12.1. The van der Waals surface area contributed by atoms with Crippen LogP contribution in [0, 0.1) is 0 Å². The van der Waals surface area contributed by atoms with Gasteiger partial charge in [0.25, 0.3) is 5.91 Å². The molecule has 0 heterocycles. The van der Waals surface area contributed by atoms with Gasteiger partial charge in [-0.2, -0.15) is 0 Å². The van der Waals surface area contributed by atoms with Gasteiger partial charge in [-0.25, -0.2) is 0 Å². The van der Waals surface area contributed by atoms with E-state index in [1.165, 1.54) is 18.2 Å². The third-order valence-electron chi connectivity index (χ3n) is 2.92. The Labute approximate surface area is 126 Å². The van der Waals surface area contributed by atoms with Gasteiger partial charge in [0.2, 0.25) is 0 Å². The number of anilines is 1. The topological polar surface area (TPSA) is 66.6 Å². The summed E-state index contributed by atoms with van der Waals surface area (Å²) in [5, 5.41) is 9.46. The molecule has 0 fully saturated rings. The molecule has 0 bridgehead atoms. The molecule has 5 heteroatoms. The maximum Gasteiger partial charge on any atom is 0.256 e. The molecule has 0 atom stereocenters. The maximum atomic E-state index is 12.3. The van der Waals surface area contributed by atoms with Gasteiger partial charge in [0.1, 0.15) is 5.75 Å². The fraction of sp³-hybridized carbons (Fsp3) is 0.133. The average Bonchev–Trinajstić information content (AvgIpc) is 2.40. The third kappa shape index (κ3) is 3.30. The lowest BCUT2D eigenvalue weighted by atomic mass is 10.1. The van der Waals surface area contributed by atoms with E-state index in [-0.39, 0.29) is 11.7 Å². The van der Waals surface area contributed by atoms with Crippen molar-refractivity contribution in [2.75, 3.05) is 12.8 Å². The number of phenols is 1. The Balaban J connectivity index is 2.18. The molecule has 0 radical (unpaired) electrons. The van der Waals surface area contributed by atoms with Crippen molar-refractivity contribution in [1.29, 1.82) is 0 Å². The first-order valence-electron chi connectivity index (χ1n) is 6.06. The maximum absolute atomic E-state index is 12.3. The lowest BCUT2D eigenvalue weighted by Gasteiger charge is -2.18. The summed E-state index contributed by atoms with van der Waals surface area (Å²) in [6.45, 7) is 0.466. The molecular weight excluding hydrogens is 320 g/mol. The molecular formula is C15H15BrN2O2. The molecule has 3 N–H and O–H groups in total. The number of aromatic hydroxyl groups is 1. The molecule has 0 spiro atoms. The first-order valence-corrected chi connectivity index (χ1v) is 6.85. The molecule has 2 aromatic carbocycles. The standard InChI is InChI=1S/C15H15BrN2O2/c1-18(9-10-3-2-4-11(16)7-10)15(20)13-8-12(19)5-6-14(13)17/h2-8,19H,9,17H2,1H3. The second kappa shape index (κ2) is 5.96. The number of halogens is 1. The smallest absolute Gasteiger partial charge is 0.256 e. The number of rotatable bonds is 3. The van der Waals surface area contributed by atoms with Crippen molar-refractivity contribution in [3.05, 3.63) is 58.1 Å². The van der Waals surface area contributed by atoms with E-state index in [4.69, 9.17) is 5.73 Å². The highest BCUT2D eigenvalue weighted by molar-refractivity contribution is 9.10. The summed E-state index contributed by atoms with van der Waals surface area (Å²) in [6.07, 6.45) is 0. The van der Waals surface area contributed by atoms with Crippen LogP contribution in [0.3, 0.4) is 0 Å². The summed E-state index contributed by atoms with van der Waals surface area (Å²) in [5.74, 6) is -0.197. The summed E-state index contributed by atoms with van der Waals surface area (Å²) in [4.78, 5) is 13.9. The second-order valence-corrected chi connectivity index (χ2v) is 5.48. The second-order valence-electron chi connectivity index (χ2n) is 4.56. The van der Waals surface area contributed by atoms with Gasteiger partial charge < -0.3 is 15.7 Å². The molecule has 0 aliphatic rings. The van der Waals surface area contributed by atoms with Crippen molar-refractivity contribution in [1.82, 2.24) is 4.90 Å². The molecule has 0 aliphatic carbocycles. The van der Waals surface area contributed by atoms with Crippen LogP contribution in [0.5, 0.6) is 5.75 Å². The Morgan fingerprint density at radius 3 is 2.75 bits per heavy atom. The predicted molar refractivity (Wildman–Crippen MR) is 82.5 cm³/mol. The van der Waals surface area contributed by atoms with E-state index in [1.807, 2.05) is 24.3 Å². The van der Waals surface area contributed by atoms with Crippen LogP contribution >= 0.6 is 15.9 Å². The van der Waals surface area contributed by atoms with Crippen molar-refractivity contribution in [2.45, 2.75) is 6.54 Å². The van der Waals surface area contributed by atoms with Gasteiger partial charge in [-0.05, 0) is 35.9 Å². The number of nitrogens with two attached hydrogens (primary N) is 1. The predicted octanol–water partition coefficient (Wildman–Crippen LogP) is 3.01. The summed E-state index contributed by atoms with van der Waals surface area (Å²) in [7, 11) is 1.70. The van der Waals surface area contributed by atoms with Gasteiger partial charge in [0.15, 0.2) is 0 Å². The minimum Gasteiger partial charge on any atom is -0.508 e. The normalized spacial score (nSPS) is 10.3. The Morgan fingerprint density at radius 1 is 1.30 bits per heavy atom. The van der Waals surface area contributed by atoms with Crippen molar-refractivity contribution in [3.63, 3.8) is 0 Å². The minimum atomic E-state index is -0.224. The highest BCUT2D eigenvalue weighted by atomic mass is 79.9. The van der Waals surface area contributed by atoms with Crippen molar-refractivity contribution < 1.29 is 9.90 Å². The number of carbonyl (C=O) groups is 1. The fourth-order valence-corrected chi connectivity index (χ4v) is 2.36. The number of hydrogen-bond donors (Lipinski definition) is 2. The molecule has 1 amide bonds. The average molecular weight is 335 g/mol. The number of phenolic OH excluding ortho intramolecular Hbond substituents is 1. The number of nitrogens with zero attached hydrogens (tertiary/aromatic N) is 1. The summed E-state index contributed by atoms with van der Waals surface area (Å²) < 4.78 is 0.965. The van der Waals surface area contributed by atoms with Crippen molar-refractivity contribution in [3.8, 4) is 5.75 Å². The SMILES string of the molecule is CN(Cc1cccc(Br)c1)C(=O)c1cc(O)ccc1N. The quantitative estimate of drug-likeness (QED) is 0.669. The number of hydrogen-bond acceptors (Lipinski definition) is 3. The molecule has 0 saturated heterocycles. The molecule has 2 aromatic rings. The largest absolute Gasteiger partial charge is 0.508 e. The monoisotopic (exact) mass is 334 g/mol. The van der Waals surface area contributed by atoms with Gasteiger partial charge in [-0.15, -0.1) is 0 Å². The van der Waals surface area contributed by atoms with Crippen LogP contribution in [0.15, 0.2) is 46.9 Å². The van der Waals surface area contributed by atoms with Gasteiger partial charge in [0.05, 0.1) is 5.56 Å². The van der Waals surface area contributed by atoms with Gasteiger partial charge in [0, 0.05) is 23.8 Å². The number of benzene rings is 2. The van der Waals surface area contributed by atoms with E-state index < -0.39 is 0 Å². The van der Waals surface area contributed by atoms with Gasteiger partial charge >= 0.3 is 0 Å². The highest BCUT2D eigenvalue weighted by Crippen LogP contribution is 2.21. The lowest BCUT2D eigenvalue weighted by molar-refractivity contribution is 0.0785. The van der Waals surface area contributed by atoms with Crippen LogP contribution in [-0.2, 0) is 6.54 Å². The highest BCUT2D eigenvalue weighted by Gasteiger charge is 2.15. The molecule has 2 rings (SSSR count). The van der Waals surface area contributed by atoms with Crippen LogP contribution in [-0.4, -0.2) is 23.0 Å². The zero-order chi connectivity index (χ0) is 14.7. The fourth-order valence-electron chi connectivity index (χ4n) is 1.92. The first kappa shape index (κ1) is 14.4. The number of nitrogen functional groups attached to an aromatic ring is 1. The van der Waals surface area contributed by atoms with Crippen LogP contribution in [0.4, 0.5) is 5.69 Å². The van der Waals surface area contributed by atoms with Gasteiger partial charge in [-0.1, -0.05) is 28.1 Å². The minimum absolute atomic E-state index is 0.0263.